The molecule has 2 rings (SSSR count). The number of hydrogen-bond donors (Lipinski definition) is 2. The Labute approximate surface area is 141 Å². The van der Waals surface area contributed by atoms with Crippen LogP contribution in [0.5, 0.6) is 0 Å². The first-order chi connectivity index (χ1) is 11.3. The summed E-state index contributed by atoms with van der Waals surface area (Å²) in [5, 5.41) is 2.76. The number of benzene rings is 2. The van der Waals surface area contributed by atoms with Crippen molar-refractivity contribution < 1.29 is 17.6 Å². The third-order valence-electron chi connectivity index (χ3n) is 3.36. The second-order valence-electron chi connectivity index (χ2n) is 5.42. The average Bonchev–Trinajstić information content (AvgIpc) is 2.53. The SMILES string of the molecule is CS(=O)(=O)NCCc1ccc(C(=O)NCc2ccc(F)cc2)cc1. The van der Waals surface area contributed by atoms with Crippen molar-refractivity contribution in [3.05, 3.63) is 71.0 Å². The predicted octanol–water partition coefficient (Wildman–Crippen LogP) is 1.85. The molecule has 0 bridgehead atoms. The van der Waals surface area contributed by atoms with Gasteiger partial charge in [-0.25, -0.2) is 17.5 Å². The summed E-state index contributed by atoms with van der Waals surface area (Å²) in [6.07, 6.45) is 1.66. The molecule has 5 nitrogen and oxygen atoms in total. The molecule has 128 valence electrons. The normalized spacial score (nSPS) is 11.2. The van der Waals surface area contributed by atoms with Gasteiger partial charge in [0.1, 0.15) is 5.82 Å². The lowest BCUT2D eigenvalue weighted by Gasteiger charge is -2.07. The fourth-order valence-electron chi connectivity index (χ4n) is 2.09. The number of carbonyl (C=O) groups excluding carboxylic acids is 1. The van der Waals surface area contributed by atoms with Crippen molar-refractivity contribution in [3.63, 3.8) is 0 Å². The van der Waals surface area contributed by atoms with Gasteiger partial charge in [0.2, 0.25) is 10.0 Å². The first-order valence-corrected chi connectivity index (χ1v) is 9.29. The van der Waals surface area contributed by atoms with Crippen LogP contribution in [0.1, 0.15) is 21.5 Å². The summed E-state index contributed by atoms with van der Waals surface area (Å²) in [5.41, 5.74) is 2.26. The third kappa shape index (κ3) is 6.10. The first kappa shape index (κ1) is 18.1. The smallest absolute Gasteiger partial charge is 0.251 e. The van der Waals surface area contributed by atoms with Crippen molar-refractivity contribution in [2.24, 2.45) is 0 Å². The second kappa shape index (κ2) is 8.03. The summed E-state index contributed by atoms with van der Waals surface area (Å²) in [4.78, 5) is 12.1. The van der Waals surface area contributed by atoms with Gasteiger partial charge in [0.15, 0.2) is 0 Å². The van der Waals surface area contributed by atoms with Gasteiger partial charge in [-0.3, -0.25) is 4.79 Å². The van der Waals surface area contributed by atoms with E-state index in [0.717, 1.165) is 17.4 Å². The van der Waals surface area contributed by atoms with Crippen LogP contribution in [0.4, 0.5) is 4.39 Å². The molecule has 0 heterocycles. The molecule has 0 saturated heterocycles. The Morgan fingerprint density at radius 3 is 2.17 bits per heavy atom. The molecule has 0 radical (unpaired) electrons. The molecular formula is C17H19FN2O3S. The lowest BCUT2D eigenvalue weighted by molar-refractivity contribution is 0.0951. The van der Waals surface area contributed by atoms with E-state index in [1.54, 1.807) is 36.4 Å². The fraction of sp³-hybridized carbons (Fsp3) is 0.235. The summed E-state index contributed by atoms with van der Waals surface area (Å²) in [6, 6.07) is 12.9. The molecule has 0 fully saturated rings. The van der Waals surface area contributed by atoms with Crippen molar-refractivity contribution in [1.82, 2.24) is 10.0 Å². The molecule has 7 heteroatoms. The van der Waals surface area contributed by atoms with Gasteiger partial charge < -0.3 is 5.32 Å². The molecule has 0 unspecified atom stereocenters. The lowest BCUT2D eigenvalue weighted by atomic mass is 10.1. The van der Waals surface area contributed by atoms with Crippen molar-refractivity contribution in [2.45, 2.75) is 13.0 Å². The summed E-state index contributed by atoms with van der Waals surface area (Å²) < 4.78 is 37.2. The van der Waals surface area contributed by atoms with Crippen LogP contribution in [0.3, 0.4) is 0 Å². The van der Waals surface area contributed by atoms with Crippen LogP contribution < -0.4 is 10.0 Å². The number of amides is 1. The molecule has 2 aromatic carbocycles. The number of halogens is 1. The molecule has 0 aliphatic rings. The summed E-state index contributed by atoms with van der Waals surface area (Å²) in [7, 11) is -3.19. The Bertz CT molecular complexity index is 788. The van der Waals surface area contributed by atoms with Gasteiger partial charge in [0, 0.05) is 18.7 Å². The fourth-order valence-corrected chi connectivity index (χ4v) is 2.56. The molecule has 0 atom stereocenters. The topological polar surface area (TPSA) is 75.3 Å². The van der Waals surface area contributed by atoms with Gasteiger partial charge in [-0.05, 0) is 41.8 Å². The number of sulfonamides is 1. The van der Waals surface area contributed by atoms with E-state index in [0.29, 0.717) is 25.1 Å². The molecular weight excluding hydrogens is 331 g/mol. The van der Waals surface area contributed by atoms with Crippen molar-refractivity contribution in [3.8, 4) is 0 Å². The van der Waals surface area contributed by atoms with Crippen LogP contribution in [-0.4, -0.2) is 27.1 Å². The maximum Gasteiger partial charge on any atom is 0.251 e. The minimum Gasteiger partial charge on any atom is -0.348 e. The van der Waals surface area contributed by atoms with Crippen LogP contribution >= 0.6 is 0 Å². The first-order valence-electron chi connectivity index (χ1n) is 7.40. The van der Waals surface area contributed by atoms with Crippen LogP contribution in [0.2, 0.25) is 0 Å². The minimum absolute atomic E-state index is 0.222. The Morgan fingerprint density at radius 2 is 1.58 bits per heavy atom. The van der Waals surface area contributed by atoms with Crippen molar-refractivity contribution in [2.75, 3.05) is 12.8 Å². The van der Waals surface area contributed by atoms with Crippen LogP contribution in [0.15, 0.2) is 48.5 Å². The highest BCUT2D eigenvalue weighted by Gasteiger charge is 2.06. The van der Waals surface area contributed by atoms with E-state index < -0.39 is 10.0 Å². The average molecular weight is 350 g/mol. The van der Waals surface area contributed by atoms with E-state index in [2.05, 4.69) is 10.0 Å². The maximum absolute atomic E-state index is 12.8. The zero-order chi connectivity index (χ0) is 17.6. The van der Waals surface area contributed by atoms with Crippen LogP contribution in [0.25, 0.3) is 0 Å². The van der Waals surface area contributed by atoms with Crippen molar-refractivity contribution in [1.29, 1.82) is 0 Å². The molecule has 1 amide bonds. The molecule has 2 aromatic rings. The molecule has 0 saturated carbocycles. The molecule has 0 aromatic heterocycles. The molecule has 0 spiro atoms. The van der Waals surface area contributed by atoms with E-state index in [1.807, 2.05) is 0 Å². The Morgan fingerprint density at radius 1 is 1.00 bits per heavy atom. The van der Waals surface area contributed by atoms with Gasteiger partial charge in [-0.15, -0.1) is 0 Å². The third-order valence-corrected chi connectivity index (χ3v) is 4.09. The van der Waals surface area contributed by atoms with Gasteiger partial charge in [0.05, 0.1) is 6.26 Å². The van der Waals surface area contributed by atoms with Gasteiger partial charge in [-0.2, -0.15) is 0 Å². The Hall–Kier alpha value is -2.25. The molecule has 2 N–H and O–H groups in total. The highest BCUT2D eigenvalue weighted by Crippen LogP contribution is 2.07. The van der Waals surface area contributed by atoms with Gasteiger partial charge >= 0.3 is 0 Å². The second-order valence-corrected chi connectivity index (χ2v) is 7.26. The molecule has 24 heavy (non-hydrogen) atoms. The zero-order valence-corrected chi connectivity index (χ0v) is 14.1. The number of hydrogen-bond acceptors (Lipinski definition) is 3. The minimum atomic E-state index is -3.19. The maximum atomic E-state index is 12.8. The highest BCUT2D eigenvalue weighted by atomic mass is 32.2. The van der Waals surface area contributed by atoms with Crippen LogP contribution in [0, 0.1) is 5.82 Å². The van der Waals surface area contributed by atoms with E-state index in [1.165, 1.54) is 12.1 Å². The molecule has 0 aliphatic heterocycles. The number of rotatable bonds is 7. The predicted molar refractivity (Wildman–Crippen MR) is 90.6 cm³/mol. The Balaban J connectivity index is 1.85. The highest BCUT2D eigenvalue weighted by molar-refractivity contribution is 7.88. The standard InChI is InChI=1S/C17H19FN2O3S/c1-24(22,23)20-11-10-13-2-6-15(7-3-13)17(21)19-12-14-4-8-16(18)9-5-14/h2-9,20H,10-12H2,1H3,(H,19,21). The number of carbonyl (C=O) groups is 1. The van der Waals surface area contributed by atoms with E-state index in [-0.39, 0.29) is 11.7 Å². The van der Waals surface area contributed by atoms with Crippen molar-refractivity contribution >= 4 is 15.9 Å². The quantitative estimate of drug-likeness (QED) is 0.800. The lowest BCUT2D eigenvalue weighted by Crippen LogP contribution is -2.24. The largest absolute Gasteiger partial charge is 0.348 e. The van der Waals surface area contributed by atoms with Crippen LogP contribution in [-0.2, 0) is 23.0 Å². The van der Waals surface area contributed by atoms with E-state index in [9.17, 15) is 17.6 Å². The summed E-state index contributed by atoms with van der Waals surface area (Å²) in [6.45, 7) is 0.633. The van der Waals surface area contributed by atoms with E-state index in [4.69, 9.17) is 0 Å². The zero-order valence-electron chi connectivity index (χ0n) is 13.3. The monoisotopic (exact) mass is 350 g/mol. The van der Waals surface area contributed by atoms with E-state index >= 15 is 0 Å². The van der Waals surface area contributed by atoms with Gasteiger partial charge in [-0.1, -0.05) is 24.3 Å². The summed E-state index contributed by atoms with van der Waals surface area (Å²) >= 11 is 0. The summed E-state index contributed by atoms with van der Waals surface area (Å²) in [5.74, 6) is -0.536. The molecule has 0 aliphatic carbocycles. The Kier molecular flexibility index (Phi) is 6.05. The number of nitrogens with one attached hydrogen (secondary N) is 2. The van der Waals surface area contributed by atoms with Gasteiger partial charge in [0.25, 0.3) is 5.91 Å².